The number of unbranched alkanes of at least 4 members (excludes halogenated alkanes) is 1. The number of guanidine groups is 1. The van der Waals surface area contributed by atoms with Gasteiger partial charge in [0.05, 0.1) is 13.2 Å². The molecule has 2 rings (SSSR count). The molecule has 7 nitrogen and oxygen atoms in total. The fraction of sp³-hybridized carbons (Fsp3) is 0.440. The third-order valence-electron chi connectivity index (χ3n) is 4.65. The van der Waals surface area contributed by atoms with Crippen LogP contribution in [0.5, 0.6) is 5.75 Å². The first-order chi connectivity index (χ1) is 15.7. The zero-order chi connectivity index (χ0) is 23.0. The van der Waals surface area contributed by atoms with E-state index in [1.54, 1.807) is 7.11 Å². The lowest BCUT2D eigenvalue weighted by Crippen LogP contribution is -2.30. The van der Waals surface area contributed by atoms with E-state index in [0.29, 0.717) is 37.8 Å². The molecule has 2 aromatic carbocycles. The second-order valence-corrected chi connectivity index (χ2v) is 7.35. The molecule has 0 bridgehead atoms. The Morgan fingerprint density at radius 3 is 2.53 bits per heavy atom. The topological polar surface area (TPSA) is 84.0 Å². The van der Waals surface area contributed by atoms with Crippen LogP contribution in [0.4, 0.5) is 5.69 Å². The van der Waals surface area contributed by atoms with Gasteiger partial charge in [-0.3, -0.25) is 4.79 Å². The van der Waals surface area contributed by atoms with E-state index in [-0.39, 0.29) is 5.91 Å². The monoisotopic (exact) mass is 440 g/mol. The quantitative estimate of drug-likeness (QED) is 0.247. The molecule has 0 aromatic heterocycles. The van der Waals surface area contributed by atoms with Crippen molar-refractivity contribution in [3.8, 4) is 5.75 Å². The summed E-state index contributed by atoms with van der Waals surface area (Å²) in [6.07, 6.45) is 2.89. The van der Waals surface area contributed by atoms with Crippen molar-refractivity contribution < 1.29 is 14.3 Å². The lowest BCUT2D eigenvalue weighted by atomic mass is 10.1. The average molecular weight is 441 g/mol. The van der Waals surface area contributed by atoms with Crippen LogP contribution >= 0.6 is 0 Å². The van der Waals surface area contributed by atoms with Gasteiger partial charge in [0.2, 0.25) is 0 Å². The summed E-state index contributed by atoms with van der Waals surface area (Å²) >= 11 is 0. The fourth-order valence-electron chi connectivity index (χ4n) is 2.91. The zero-order valence-corrected chi connectivity index (χ0v) is 19.4. The summed E-state index contributed by atoms with van der Waals surface area (Å²) in [7, 11) is 1.69. The highest BCUT2D eigenvalue weighted by atomic mass is 16.5. The van der Waals surface area contributed by atoms with Crippen LogP contribution in [0.15, 0.2) is 53.5 Å². The van der Waals surface area contributed by atoms with Gasteiger partial charge in [-0.05, 0) is 43.2 Å². The Labute approximate surface area is 191 Å². The average Bonchev–Trinajstić information content (AvgIpc) is 2.81. The number of nitrogens with zero attached hydrogens (tertiary/aromatic N) is 1. The van der Waals surface area contributed by atoms with Crippen LogP contribution in [0.2, 0.25) is 0 Å². The second-order valence-electron chi connectivity index (χ2n) is 7.35. The zero-order valence-electron chi connectivity index (χ0n) is 19.4. The number of hydrogen-bond acceptors (Lipinski definition) is 4. The Morgan fingerprint density at radius 1 is 1.00 bits per heavy atom. The largest absolute Gasteiger partial charge is 0.493 e. The van der Waals surface area contributed by atoms with E-state index in [0.717, 1.165) is 42.8 Å². The normalized spacial score (nSPS) is 11.2. The van der Waals surface area contributed by atoms with Gasteiger partial charge in [0.1, 0.15) is 5.75 Å². The number of hydrogen-bond donors (Lipinski definition) is 3. The number of amides is 1. The van der Waals surface area contributed by atoms with Crippen molar-refractivity contribution in [3.05, 3.63) is 59.7 Å². The minimum absolute atomic E-state index is 0.0344. The summed E-state index contributed by atoms with van der Waals surface area (Å²) < 4.78 is 10.8. The van der Waals surface area contributed by atoms with Crippen molar-refractivity contribution in [2.24, 2.45) is 4.99 Å². The number of nitrogens with one attached hydrogen (secondary N) is 3. The maximum atomic E-state index is 12.1. The summed E-state index contributed by atoms with van der Waals surface area (Å²) in [5, 5.41) is 9.51. The van der Waals surface area contributed by atoms with Crippen molar-refractivity contribution in [2.75, 3.05) is 38.7 Å². The van der Waals surface area contributed by atoms with Gasteiger partial charge < -0.3 is 25.4 Å². The van der Waals surface area contributed by atoms with Crippen molar-refractivity contribution in [1.82, 2.24) is 10.6 Å². The van der Waals surface area contributed by atoms with Gasteiger partial charge in [-0.15, -0.1) is 0 Å². The predicted octanol–water partition coefficient (Wildman–Crippen LogP) is 4.21. The molecule has 3 N–H and O–H groups in total. The molecule has 0 aliphatic rings. The Kier molecular flexibility index (Phi) is 11.7. The molecule has 0 radical (unpaired) electrons. The van der Waals surface area contributed by atoms with Crippen LogP contribution < -0.4 is 20.7 Å². The maximum absolute atomic E-state index is 12.1. The number of benzene rings is 2. The molecule has 174 valence electrons. The van der Waals surface area contributed by atoms with Gasteiger partial charge in [-0.1, -0.05) is 31.5 Å². The molecule has 0 aliphatic heterocycles. The van der Waals surface area contributed by atoms with Gasteiger partial charge in [0.15, 0.2) is 5.96 Å². The van der Waals surface area contributed by atoms with E-state index in [4.69, 9.17) is 9.47 Å². The molecule has 0 unspecified atom stereocenters. The van der Waals surface area contributed by atoms with Crippen molar-refractivity contribution in [3.63, 3.8) is 0 Å². The Bertz CT molecular complexity index is 837. The highest BCUT2D eigenvalue weighted by Crippen LogP contribution is 2.17. The number of methoxy groups -OCH3 is 1. The minimum Gasteiger partial charge on any atom is -0.493 e. The van der Waals surface area contributed by atoms with Crippen molar-refractivity contribution in [1.29, 1.82) is 0 Å². The first kappa shape index (κ1) is 25.2. The van der Waals surface area contributed by atoms with Gasteiger partial charge in [0.25, 0.3) is 5.91 Å². The smallest absolute Gasteiger partial charge is 0.251 e. The highest BCUT2D eigenvalue weighted by Gasteiger charge is 2.05. The van der Waals surface area contributed by atoms with Crippen LogP contribution in [0, 0.1) is 0 Å². The fourth-order valence-corrected chi connectivity index (χ4v) is 2.91. The SMILES string of the molecule is CCCCNC(=O)c1ccc(CN=C(NCC)Nc2cccc(OCCCOC)c2)cc1. The first-order valence-electron chi connectivity index (χ1n) is 11.3. The minimum atomic E-state index is -0.0344. The summed E-state index contributed by atoms with van der Waals surface area (Å²) in [5.74, 6) is 1.45. The number of carbonyl (C=O) groups excluding carboxylic acids is 1. The number of anilines is 1. The van der Waals surface area contributed by atoms with E-state index < -0.39 is 0 Å². The highest BCUT2D eigenvalue weighted by molar-refractivity contribution is 5.94. The van der Waals surface area contributed by atoms with Crippen LogP contribution in [-0.2, 0) is 11.3 Å². The first-order valence-corrected chi connectivity index (χ1v) is 11.3. The Balaban J connectivity index is 1.94. The van der Waals surface area contributed by atoms with E-state index in [9.17, 15) is 4.79 Å². The van der Waals surface area contributed by atoms with Gasteiger partial charge >= 0.3 is 0 Å². The lowest BCUT2D eigenvalue weighted by molar-refractivity contribution is 0.0953. The molecule has 1 amide bonds. The molecule has 0 saturated heterocycles. The number of rotatable bonds is 13. The van der Waals surface area contributed by atoms with E-state index in [1.165, 1.54) is 0 Å². The molecule has 7 heteroatoms. The van der Waals surface area contributed by atoms with Gasteiger partial charge in [-0.25, -0.2) is 4.99 Å². The maximum Gasteiger partial charge on any atom is 0.251 e. The summed E-state index contributed by atoms with van der Waals surface area (Å²) in [4.78, 5) is 16.8. The van der Waals surface area contributed by atoms with Crippen molar-refractivity contribution >= 4 is 17.6 Å². The number of ether oxygens (including phenoxy) is 2. The van der Waals surface area contributed by atoms with E-state index >= 15 is 0 Å². The predicted molar refractivity (Wildman–Crippen MR) is 131 cm³/mol. The third kappa shape index (κ3) is 9.39. The molecular weight excluding hydrogens is 404 g/mol. The van der Waals surface area contributed by atoms with Crippen molar-refractivity contribution in [2.45, 2.75) is 39.7 Å². The molecular formula is C25H36N4O3. The Hall–Kier alpha value is -3.06. The van der Waals surface area contributed by atoms with Crippen LogP contribution in [-0.4, -0.2) is 45.3 Å². The molecule has 0 saturated carbocycles. The standard InChI is InChI=1S/C25H36N4O3/c1-4-6-15-27-24(30)21-13-11-20(12-14-21)19-28-25(26-5-2)29-22-9-7-10-23(18-22)32-17-8-16-31-3/h7,9-14,18H,4-6,8,15-17,19H2,1-3H3,(H,27,30)(H2,26,28,29). The molecule has 32 heavy (non-hydrogen) atoms. The Morgan fingerprint density at radius 2 is 1.81 bits per heavy atom. The lowest BCUT2D eigenvalue weighted by Gasteiger charge is -2.13. The molecule has 0 aliphatic carbocycles. The van der Waals surface area contributed by atoms with E-state index in [1.807, 2.05) is 55.5 Å². The summed E-state index contributed by atoms with van der Waals surface area (Å²) in [6, 6.07) is 15.4. The summed E-state index contributed by atoms with van der Waals surface area (Å²) in [5.41, 5.74) is 2.59. The van der Waals surface area contributed by atoms with E-state index in [2.05, 4.69) is 27.9 Å². The molecule has 2 aromatic rings. The molecule has 0 heterocycles. The van der Waals surface area contributed by atoms with Crippen LogP contribution in [0.3, 0.4) is 0 Å². The molecule has 0 atom stereocenters. The molecule has 0 spiro atoms. The third-order valence-corrected chi connectivity index (χ3v) is 4.65. The van der Waals surface area contributed by atoms with Crippen LogP contribution in [0.25, 0.3) is 0 Å². The van der Waals surface area contributed by atoms with Gasteiger partial charge in [-0.2, -0.15) is 0 Å². The second kappa shape index (κ2) is 14.9. The number of aliphatic imine (C=N–C) groups is 1. The van der Waals surface area contributed by atoms with Crippen LogP contribution in [0.1, 0.15) is 49.0 Å². The van der Waals surface area contributed by atoms with Gasteiger partial charge in [0, 0.05) is 50.5 Å². The molecule has 0 fully saturated rings. The summed E-state index contributed by atoms with van der Waals surface area (Å²) in [6.45, 7) is 7.37. The number of carbonyl (C=O) groups is 1.